The predicted octanol–water partition coefficient (Wildman–Crippen LogP) is 1.44. The summed E-state index contributed by atoms with van der Waals surface area (Å²) in [5.41, 5.74) is 6.35. The van der Waals surface area contributed by atoms with Crippen LogP contribution in [0.2, 0.25) is 0 Å². The molecule has 1 aromatic heterocycles. The zero-order valence-corrected chi connectivity index (χ0v) is 10.4. The molecule has 1 heterocycles. The van der Waals surface area contributed by atoms with Crippen LogP contribution in [0.4, 0.5) is 5.82 Å². The molecule has 1 atom stereocenters. The first kappa shape index (κ1) is 12.7. The van der Waals surface area contributed by atoms with Gasteiger partial charge in [0, 0.05) is 10.9 Å². The minimum Gasteiger partial charge on any atom is -0.319 e. The van der Waals surface area contributed by atoms with E-state index < -0.39 is 6.04 Å². The lowest BCUT2D eigenvalue weighted by molar-refractivity contribution is -0.117. The zero-order valence-electron chi connectivity index (χ0n) is 8.83. The van der Waals surface area contributed by atoms with Gasteiger partial charge >= 0.3 is 0 Å². The van der Waals surface area contributed by atoms with Crippen molar-refractivity contribution < 1.29 is 4.79 Å². The molecule has 1 unspecified atom stereocenters. The Kier molecular flexibility index (Phi) is 4.47. The van der Waals surface area contributed by atoms with E-state index in [1.807, 2.05) is 13.0 Å². The molecule has 0 saturated carbocycles. The molecule has 0 aliphatic rings. The Morgan fingerprint density at radius 2 is 2.44 bits per heavy atom. The summed E-state index contributed by atoms with van der Waals surface area (Å²) in [4.78, 5) is 15.7. The van der Waals surface area contributed by atoms with Crippen molar-refractivity contribution in [3.8, 4) is 12.3 Å². The Labute approximate surface area is 103 Å². The summed E-state index contributed by atoms with van der Waals surface area (Å²) in [5.74, 6) is 2.48. The lowest BCUT2D eigenvalue weighted by Crippen LogP contribution is -2.35. The molecule has 1 amide bonds. The Morgan fingerprint density at radius 3 is 3.00 bits per heavy atom. The van der Waals surface area contributed by atoms with Crippen molar-refractivity contribution in [2.75, 3.05) is 5.32 Å². The molecule has 0 fully saturated rings. The summed E-state index contributed by atoms with van der Waals surface area (Å²) in [6, 6.07) is 2.80. The summed E-state index contributed by atoms with van der Waals surface area (Å²) in [6.45, 7) is 1.83. The van der Waals surface area contributed by atoms with Crippen molar-refractivity contribution in [1.29, 1.82) is 0 Å². The van der Waals surface area contributed by atoms with Gasteiger partial charge in [0.2, 0.25) is 5.91 Å². The lowest BCUT2D eigenvalue weighted by Gasteiger charge is -2.09. The molecule has 0 spiro atoms. The molecule has 0 aliphatic carbocycles. The van der Waals surface area contributed by atoms with Crippen LogP contribution in [0.15, 0.2) is 16.6 Å². The van der Waals surface area contributed by atoms with Crippen LogP contribution in [0, 0.1) is 19.3 Å². The highest BCUT2D eigenvalue weighted by Crippen LogP contribution is 2.16. The van der Waals surface area contributed by atoms with E-state index in [0.717, 1.165) is 10.2 Å². The van der Waals surface area contributed by atoms with Crippen LogP contribution in [-0.4, -0.2) is 16.9 Å². The van der Waals surface area contributed by atoms with Gasteiger partial charge in [-0.2, -0.15) is 0 Å². The Morgan fingerprint density at radius 1 is 1.75 bits per heavy atom. The van der Waals surface area contributed by atoms with Crippen molar-refractivity contribution >= 4 is 27.7 Å². The smallest absolute Gasteiger partial charge is 0.243 e. The van der Waals surface area contributed by atoms with Crippen LogP contribution < -0.4 is 11.1 Å². The minimum absolute atomic E-state index is 0.210. The molecule has 0 aromatic carbocycles. The number of terminal acetylenes is 1. The number of hydrogen-bond acceptors (Lipinski definition) is 3. The molecule has 1 rings (SSSR count). The maximum absolute atomic E-state index is 11.5. The molecule has 0 radical (unpaired) electrons. The van der Waals surface area contributed by atoms with Crippen LogP contribution in [0.1, 0.15) is 12.1 Å². The first-order chi connectivity index (χ1) is 7.54. The Bertz CT molecular complexity index is 439. The molecule has 0 saturated heterocycles. The van der Waals surface area contributed by atoms with Gasteiger partial charge in [-0.15, -0.1) is 12.3 Å². The van der Waals surface area contributed by atoms with E-state index in [1.54, 1.807) is 6.07 Å². The quantitative estimate of drug-likeness (QED) is 0.824. The normalized spacial score (nSPS) is 11.6. The van der Waals surface area contributed by atoms with E-state index in [9.17, 15) is 4.79 Å². The van der Waals surface area contributed by atoms with Gasteiger partial charge in [-0.05, 0) is 35.0 Å². The van der Waals surface area contributed by atoms with Crippen molar-refractivity contribution in [2.24, 2.45) is 5.73 Å². The molecular weight excluding hydrogens is 270 g/mol. The van der Waals surface area contributed by atoms with E-state index >= 15 is 0 Å². The average Bonchev–Trinajstić information content (AvgIpc) is 2.24. The molecule has 16 heavy (non-hydrogen) atoms. The fraction of sp³-hybridized carbons (Fsp3) is 0.273. The highest BCUT2D eigenvalue weighted by Gasteiger charge is 2.12. The molecule has 1 aromatic rings. The largest absolute Gasteiger partial charge is 0.319 e. The summed E-state index contributed by atoms with van der Waals surface area (Å²) < 4.78 is 0.887. The highest BCUT2D eigenvalue weighted by atomic mass is 79.9. The second-order valence-electron chi connectivity index (χ2n) is 3.27. The van der Waals surface area contributed by atoms with Gasteiger partial charge in [0.25, 0.3) is 0 Å². The molecule has 84 valence electrons. The van der Waals surface area contributed by atoms with Gasteiger partial charge in [-0.3, -0.25) is 4.79 Å². The van der Waals surface area contributed by atoms with Gasteiger partial charge in [0.15, 0.2) is 0 Å². The predicted molar refractivity (Wildman–Crippen MR) is 66.7 cm³/mol. The maximum atomic E-state index is 11.5. The van der Waals surface area contributed by atoms with Gasteiger partial charge in [0.1, 0.15) is 5.82 Å². The zero-order chi connectivity index (χ0) is 12.1. The number of anilines is 1. The number of halogens is 1. The number of nitrogens with two attached hydrogens (primary N) is 1. The number of amides is 1. The third kappa shape index (κ3) is 3.33. The van der Waals surface area contributed by atoms with Crippen LogP contribution in [0.3, 0.4) is 0 Å². The summed E-state index contributed by atoms with van der Waals surface area (Å²) >= 11 is 3.32. The number of hydrogen-bond donors (Lipinski definition) is 2. The van der Waals surface area contributed by atoms with Crippen molar-refractivity contribution in [2.45, 2.75) is 19.4 Å². The maximum Gasteiger partial charge on any atom is 0.243 e. The van der Waals surface area contributed by atoms with E-state index in [1.165, 1.54) is 0 Å². The second kappa shape index (κ2) is 5.64. The van der Waals surface area contributed by atoms with Crippen LogP contribution in [-0.2, 0) is 4.79 Å². The Hall–Kier alpha value is -1.38. The van der Waals surface area contributed by atoms with Crippen molar-refractivity contribution in [1.82, 2.24) is 4.98 Å². The number of nitrogens with zero attached hydrogens (tertiary/aromatic N) is 1. The summed E-state index contributed by atoms with van der Waals surface area (Å²) in [5, 5.41) is 2.60. The summed E-state index contributed by atoms with van der Waals surface area (Å²) in [6.07, 6.45) is 5.28. The van der Waals surface area contributed by atoms with Crippen LogP contribution in [0.5, 0.6) is 0 Å². The number of carbonyl (C=O) groups excluding carboxylic acids is 1. The lowest BCUT2D eigenvalue weighted by atomic mass is 10.2. The molecular formula is C11H12BrN3O. The van der Waals surface area contributed by atoms with Crippen molar-refractivity contribution in [3.05, 3.63) is 22.3 Å². The van der Waals surface area contributed by atoms with E-state index in [4.69, 9.17) is 12.2 Å². The SMILES string of the molecule is C#CCC(N)C(=O)Nc1ccc(Br)c(C)n1. The van der Waals surface area contributed by atoms with Crippen LogP contribution >= 0.6 is 15.9 Å². The monoisotopic (exact) mass is 281 g/mol. The summed E-state index contributed by atoms with van der Waals surface area (Å²) in [7, 11) is 0. The number of nitrogens with one attached hydrogen (secondary N) is 1. The second-order valence-corrected chi connectivity index (χ2v) is 4.12. The third-order valence-corrected chi connectivity index (χ3v) is 2.79. The standard InChI is InChI=1S/C11H12BrN3O/c1-3-4-9(13)11(16)15-10-6-5-8(12)7(2)14-10/h1,5-6,9H,4,13H2,2H3,(H,14,15,16). The van der Waals surface area contributed by atoms with Crippen molar-refractivity contribution in [3.63, 3.8) is 0 Å². The highest BCUT2D eigenvalue weighted by molar-refractivity contribution is 9.10. The fourth-order valence-electron chi connectivity index (χ4n) is 1.05. The minimum atomic E-state index is -0.698. The topological polar surface area (TPSA) is 68.0 Å². The molecule has 3 N–H and O–H groups in total. The number of pyridine rings is 1. The van der Waals surface area contributed by atoms with Gasteiger partial charge in [-0.25, -0.2) is 4.98 Å². The van der Waals surface area contributed by atoms with E-state index in [-0.39, 0.29) is 12.3 Å². The van der Waals surface area contributed by atoms with E-state index in [0.29, 0.717) is 5.82 Å². The molecule has 4 nitrogen and oxygen atoms in total. The number of carbonyl (C=O) groups is 1. The first-order valence-electron chi connectivity index (χ1n) is 4.67. The third-order valence-electron chi connectivity index (χ3n) is 1.95. The number of rotatable bonds is 3. The molecule has 5 heteroatoms. The number of aromatic nitrogens is 1. The fourth-order valence-corrected chi connectivity index (χ4v) is 1.27. The average molecular weight is 282 g/mol. The Balaban J connectivity index is 2.70. The van der Waals surface area contributed by atoms with Gasteiger partial charge in [-0.1, -0.05) is 0 Å². The molecule has 0 bridgehead atoms. The van der Waals surface area contributed by atoms with E-state index in [2.05, 4.69) is 32.2 Å². The first-order valence-corrected chi connectivity index (χ1v) is 5.47. The van der Waals surface area contributed by atoms with Crippen LogP contribution in [0.25, 0.3) is 0 Å². The van der Waals surface area contributed by atoms with Gasteiger partial charge < -0.3 is 11.1 Å². The van der Waals surface area contributed by atoms with Gasteiger partial charge in [0.05, 0.1) is 11.7 Å². The number of aryl methyl sites for hydroxylation is 1. The molecule has 0 aliphatic heterocycles.